The number of aromatic nitrogens is 2. The molecular formula is C20H25N3O2. The number of carboxylic acid groups (broad SMARTS) is 1. The molecule has 2 aromatic rings. The molecule has 0 amide bonds. The Balaban J connectivity index is 1.69. The van der Waals surface area contributed by atoms with Gasteiger partial charge < -0.3 is 10.4 Å². The third-order valence-corrected chi connectivity index (χ3v) is 5.49. The summed E-state index contributed by atoms with van der Waals surface area (Å²) in [7, 11) is 0. The van der Waals surface area contributed by atoms with Gasteiger partial charge in [0.25, 0.3) is 0 Å². The molecule has 1 aliphatic heterocycles. The van der Waals surface area contributed by atoms with E-state index in [1.165, 1.54) is 49.1 Å². The fraction of sp³-hybridized carbons (Fsp3) is 0.500. The van der Waals surface area contributed by atoms with Crippen molar-refractivity contribution in [3.63, 3.8) is 0 Å². The van der Waals surface area contributed by atoms with Gasteiger partial charge in [-0.2, -0.15) is 5.10 Å². The highest BCUT2D eigenvalue weighted by molar-refractivity contribution is 5.70. The molecule has 25 heavy (non-hydrogen) atoms. The topological polar surface area (TPSA) is 67.1 Å². The molecule has 0 atom stereocenters. The molecule has 1 aromatic carbocycles. The van der Waals surface area contributed by atoms with E-state index in [0.717, 1.165) is 30.8 Å². The molecule has 5 nitrogen and oxygen atoms in total. The summed E-state index contributed by atoms with van der Waals surface area (Å²) >= 11 is 0. The minimum Gasteiger partial charge on any atom is -0.481 e. The van der Waals surface area contributed by atoms with Crippen LogP contribution in [0.2, 0.25) is 0 Å². The zero-order valence-electron chi connectivity index (χ0n) is 14.5. The molecule has 2 heterocycles. The zero-order chi connectivity index (χ0) is 17.2. The normalized spacial score (nSPS) is 18.1. The van der Waals surface area contributed by atoms with Crippen LogP contribution in [0.5, 0.6) is 0 Å². The summed E-state index contributed by atoms with van der Waals surface area (Å²) < 4.78 is 2.10. The van der Waals surface area contributed by atoms with Crippen LogP contribution in [0.1, 0.15) is 60.5 Å². The first-order valence-corrected chi connectivity index (χ1v) is 9.35. The van der Waals surface area contributed by atoms with Gasteiger partial charge in [0.1, 0.15) is 0 Å². The number of carboxylic acids is 1. The maximum Gasteiger partial charge on any atom is 0.307 e. The van der Waals surface area contributed by atoms with Gasteiger partial charge in [0.2, 0.25) is 0 Å². The molecule has 1 fully saturated rings. The monoisotopic (exact) mass is 339 g/mol. The van der Waals surface area contributed by atoms with Crippen molar-refractivity contribution >= 4 is 5.97 Å². The second kappa shape index (κ2) is 7.00. The highest BCUT2D eigenvalue weighted by Crippen LogP contribution is 2.36. The molecule has 1 aromatic heterocycles. The van der Waals surface area contributed by atoms with E-state index in [1.807, 2.05) is 24.3 Å². The summed E-state index contributed by atoms with van der Waals surface area (Å²) in [5.41, 5.74) is 5.87. The van der Waals surface area contributed by atoms with Gasteiger partial charge in [-0.3, -0.25) is 4.79 Å². The Labute approximate surface area is 148 Å². The number of hydrogen-bond acceptors (Lipinski definition) is 3. The maximum absolute atomic E-state index is 10.9. The molecule has 0 unspecified atom stereocenters. The average Bonchev–Trinajstić information content (AvgIpc) is 3.02. The van der Waals surface area contributed by atoms with Crippen LogP contribution in [0.3, 0.4) is 0 Å². The summed E-state index contributed by atoms with van der Waals surface area (Å²) in [5.74, 6) is -0.204. The number of rotatable bonds is 4. The first-order chi connectivity index (χ1) is 12.2. The third-order valence-electron chi connectivity index (χ3n) is 5.49. The molecule has 1 saturated carbocycles. The van der Waals surface area contributed by atoms with Crippen LogP contribution in [0.25, 0.3) is 5.69 Å². The maximum atomic E-state index is 10.9. The first kappa shape index (κ1) is 16.3. The van der Waals surface area contributed by atoms with Gasteiger partial charge >= 0.3 is 5.97 Å². The number of benzene rings is 1. The van der Waals surface area contributed by atoms with Gasteiger partial charge in [-0.25, -0.2) is 4.68 Å². The van der Waals surface area contributed by atoms with E-state index in [1.54, 1.807) is 0 Å². The predicted molar refractivity (Wildman–Crippen MR) is 96.1 cm³/mol. The number of nitrogens with zero attached hydrogens (tertiary/aromatic N) is 2. The Morgan fingerprint density at radius 1 is 1.20 bits per heavy atom. The lowest BCUT2D eigenvalue weighted by Gasteiger charge is -2.22. The van der Waals surface area contributed by atoms with Crippen LogP contribution in [-0.2, 0) is 24.2 Å². The highest BCUT2D eigenvalue weighted by Gasteiger charge is 2.27. The van der Waals surface area contributed by atoms with Crippen LogP contribution in [0.4, 0.5) is 0 Å². The average molecular weight is 339 g/mol. The molecule has 4 rings (SSSR count). The van der Waals surface area contributed by atoms with Crippen LogP contribution in [-0.4, -0.2) is 27.4 Å². The summed E-state index contributed by atoms with van der Waals surface area (Å²) in [6.07, 6.45) is 7.53. The smallest absolute Gasteiger partial charge is 0.307 e. The van der Waals surface area contributed by atoms with E-state index >= 15 is 0 Å². The van der Waals surface area contributed by atoms with Crippen molar-refractivity contribution in [2.75, 3.05) is 6.54 Å². The van der Waals surface area contributed by atoms with Gasteiger partial charge in [0.05, 0.1) is 23.5 Å². The Kier molecular flexibility index (Phi) is 4.57. The molecule has 5 heteroatoms. The van der Waals surface area contributed by atoms with Crippen molar-refractivity contribution < 1.29 is 9.90 Å². The van der Waals surface area contributed by atoms with Gasteiger partial charge in [-0.05, 0) is 30.5 Å². The fourth-order valence-corrected chi connectivity index (χ4v) is 4.22. The number of nitrogens with one attached hydrogen (secondary N) is 1. The fourth-order valence-electron chi connectivity index (χ4n) is 4.22. The zero-order valence-corrected chi connectivity index (χ0v) is 14.5. The van der Waals surface area contributed by atoms with E-state index in [-0.39, 0.29) is 6.42 Å². The largest absolute Gasteiger partial charge is 0.481 e. The van der Waals surface area contributed by atoms with Gasteiger partial charge in [-0.15, -0.1) is 0 Å². The number of carbonyl (C=O) groups is 1. The highest BCUT2D eigenvalue weighted by atomic mass is 16.4. The molecule has 0 saturated heterocycles. The predicted octanol–water partition coefficient (Wildman–Crippen LogP) is 3.19. The van der Waals surface area contributed by atoms with Crippen molar-refractivity contribution in [1.82, 2.24) is 15.1 Å². The number of hydrogen-bond donors (Lipinski definition) is 2. The quantitative estimate of drug-likeness (QED) is 0.898. The minimum atomic E-state index is -0.796. The van der Waals surface area contributed by atoms with Gasteiger partial charge in [0, 0.05) is 31.0 Å². The Morgan fingerprint density at radius 3 is 2.68 bits per heavy atom. The second-order valence-electron chi connectivity index (χ2n) is 7.22. The summed E-state index contributed by atoms with van der Waals surface area (Å²) in [4.78, 5) is 10.9. The molecule has 0 radical (unpaired) electrons. The Morgan fingerprint density at radius 2 is 1.96 bits per heavy atom. The van der Waals surface area contributed by atoms with Crippen molar-refractivity contribution in [1.29, 1.82) is 0 Å². The van der Waals surface area contributed by atoms with Crippen molar-refractivity contribution in [3.05, 3.63) is 46.8 Å². The van der Waals surface area contributed by atoms with Crippen molar-refractivity contribution in [3.8, 4) is 5.69 Å². The van der Waals surface area contributed by atoms with Gasteiger partial charge in [-0.1, -0.05) is 31.4 Å². The lowest BCUT2D eigenvalue weighted by molar-refractivity contribution is -0.136. The molecule has 0 bridgehead atoms. The molecule has 2 N–H and O–H groups in total. The molecule has 1 aliphatic carbocycles. The van der Waals surface area contributed by atoms with E-state index in [2.05, 4.69) is 10.00 Å². The lowest BCUT2D eigenvalue weighted by Crippen LogP contribution is -2.25. The third kappa shape index (κ3) is 3.33. The Hall–Kier alpha value is -2.14. The lowest BCUT2D eigenvalue weighted by atomic mass is 9.84. The van der Waals surface area contributed by atoms with E-state index in [0.29, 0.717) is 5.92 Å². The second-order valence-corrected chi connectivity index (χ2v) is 7.22. The van der Waals surface area contributed by atoms with Crippen LogP contribution >= 0.6 is 0 Å². The summed E-state index contributed by atoms with van der Waals surface area (Å²) in [6.45, 7) is 1.90. The number of aliphatic carboxylic acids is 1. The SMILES string of the molecule is O=C(O)Cc1ccc(-n2nc(C3CCCCC3)c3c2CCNC3)cc1. The van der Waals surface area contributed by atoms with Crippen LogP contribution in [0, 0.1) is 0 Å². The van der Waals surface area contributed by atoms with Crippen molar-refractivity contribution in [2.45, 2.75) is 57.4 Å². The summed E-state index contributed by atoms with van der Waals surface area (Å²) in [6, 6.07) is 7.80. The van der Waals surface area contributed by atoms with Crippen molar-refractivity contribution in [2.24, 2.45) is 0 Å². The van der Waals surface area contributed by atoms with E-state index in [4.69, 9.17) is 10.2 Å². The van der Waals surface area contributed by atoms with Gasteiger partial charge in [0.15, 0.2) is 0 Å². The molecule has 0 spiro atoms. The van der Waals surface area contributed by atoms with Crippen LogP contribution in [0.15, 0.2) is 24.3 Å². The molecule has 2 aliphatic rings. The molecule has 132 valence electrons. The molecular weight excluding hydrogens is 314 g/mol. The van der Waals surface area contributed by atoms with Crippen LogP contribution < -0.4 is 5.32 Å². The Bertz CT molecular complexity index is 758. The first-order valence-electron chi connectivity index (χ1n) is 9.35. The van der Waals surface area contributed by atoms with E-state index in [9.17, 15) is 4.79 Å². The summed E-state index contributed by atoms with van der Waals surface area (Å²) in [5, 5.41) is 17.5. The van der Waals surface area contributed by atoms with E-state index < -0.39 is 5.97 Å². The number of fused-ring (bicyclic) bond motifs is 1. The standard InChI is InChI=1S/C20H25N3O2/c24-19(25)12-14-6-8-16(9-7-14)23-18-10-11-21-13-17(18)20(22-23)15-4-2-1-3-5-15/h6-9,15,21H,1-5,10-13H2,(H,24,25). The minimum absolute atomic E-state index is 0.0642.